The molecule has 0 amide bonds. The molecule has 0 radical (unpaired) electrons. The first kappa shape index (κ1) is 9.22. The minimum Gasteiger partial charge on any atom is -0.302 e. The second-order valence-corrected chi connectivity index (χ2v) is 7.01. The van der Waals surface area contributed by atoms with Gasteiger partial charge in [-0.05, 0) is 25.1 Å². The monoisotopic (exact) mass is 203 g/mol. The summed E-state index contributed by atoms with van der Waals surface area (Å²) in [5.41, 5.74) is 0. The van der Waals surface area contributed by atoms with Gasteiger partial charge in [0.25, 0.3) is 0 Å². The van der Waals surface area contributed by atoms with Gasteiger partial charge in [0.15, 0.2) is 0 Å². The Morgan fingerprint density at radius 3 is 2.83 bits per heavy atom. The highest BCUT2D eigenvalue weighted by atomic mass is 32.2. The largest absolute Gasteiger partial charge is 0.302 e. The third-order valence-electron chi connectivity index (χ3n) is 2.88. The topological polar surface area (TPSA) is 12.0 Å². The Kier molecular flexibility index (Phi) is 2.64. The molecule has 12 heavy (non-hydrogen) atoms. The van der Waals surface area contributed by atoms with Crippen molar-refractivity contribution in [2.45, 2.75) is 42.1 Å². The van der Waals surface area contributed by atoms with Gasteiger partial charge in [-0.3, -0.25) is 0 Å². The number of nitrogens with one attached hydrogen (secondary N) is 1. The van der Waals surface area contributed by atoms with Crippen LogP contribution in [0.4, 0.5) is 0 Å². The van der Waals surface area contributed by atoms with Gasteiger partial charge in [-0.2, -0.15) is 11.8 Å². The molecule has 2 saturated heterocycles. The van der Waals surface area contributed by atoms with Crippen molar-refractivity contribution in [1.29, 1.82) is 0 Å². The van der Waals surface area contributed by atoms with Gasteiger partial charge in [0.1, 0.15) is 0 Å². The van der Waals surface area contributed by atoms with E-state index in [2.05, 4.69) is 42.7 Å². The maximum atomic E-state index is 3.72. The fraction of sp³-hybridized carbons (Fsp3) is 1.00. The molecule has 0 bridgehead atoms. The van der Waals surface area contributed by atoms with Crippen molar-refractivity contribution in [1.82, 2.24) is 5.32 Å². The van der Waals surface area contributed by atoms with Crippen LogP contribution < -0.4 is 5.32 Å². The lowest BCUT2D eigenvalue weighted by atomic mass is 10.1. The maximum Gasteiger partial charge on any atom is 0.0772 e. The summed E-state index contributed by atoms with van der Waals surface area (Å²) in [5, 5.41) is 5.37. The SMILES string of the molecule is CC1CCNC2(CCSC2C)S1. The van der Waals surface area contributed by atoms with Crippen molar-refractivity contribution in [3.05, 3.63) is 0 Å². The summed E-state index contributed by atoms with van der Waals surface area (Å²) < 4.78 is 0. The first-order valence-electron chi connectivity index (χ1n) is 4.77. The fourth-order valence-corrected chi connectivity index (χ4v) is 5.37. The van der Waals surface area contributed by atoms with E-state index in [0.29, 0.717) is 4.87 Å². The standard InChI is InChI=1S/C9H17NS2/c1-7-3-5-10-9(12-7)4-6-11-8(9)2/h7-8,10H,3-6H2,1-2H3. The maximum absolute atomic E-state index is 3.72. The normalized spacial score (nSPS) is 48.5. The van der Waals surface area contributed by atoms with Crippen LogP contribution in [0.3, 0.4) is 0 Å². The van der Waals surface area contributed by atoms with Gasteiger partial charge in [0, 0.05) is 10.5 Å². The Morgan fingerprint density at radius 1 is 1.42 bits per heavy atom. The van der Waals surface area contributed by atoms with Gasteiger partial charge in [-0.25, -0.2) is 0 Å². The number of hydrogen-bond acceptors (Lipinski definition) is 3. The van der Waals surface area contributed by atoms with E-state index in [1.807, 2.05) is 0 Å². The zero-order valence-corrected chi connectivity index (χ0v) is 9.43. The average molecular weight is 203 g/mol. The zero-order valence-electron chi connectivity index (χ0n) is 7.80. The third kappa shape index (κ3) is 1.51. The van der Waals surface area contributed by atoms with Gasteiger partial charge < -0.3 is 5.32 Å². The molecular weight excluding hydrogens is 186 g/mol. The van der Waals surface area contributed by atoms with E-state index in [1.54, 1.807) is 0 Å². The van der Waals surface area contributed by atoms with Crippen LogP contribution in [-0.2, 0) is 0 Å². The van der Waals surface area contributed by atoms with E-state index < -0.39 is 0 Å². The van der Waals surface area contributed by atoms with Crippen LogP contribution in [0.5, 0.6) is 0 Å². The molecule has 1 spiro atoms. The molecule has 2 aliphatic heterocycles. The smallest absolute Gasteiger partial charge is 0.0772 e. The van der Waals surface area contributed by atoms with Crippen LogP contribution in [0.2, 0.25) is 0 Å². The summed E-state index contributed by atoms with van der Waals surface area (Å²) in [6, 6.07) is 0. The molecule has 3 atom stereocenters. The lowest BCUT2D eigenvalue weighted by Gasteiger charge is -2.40. The predicted molar refractivity (Wildman–Crippen MR) is 58.9 cm³/mol. The van der Waals surface area contributed by atoms with Gasteiger partial charge >= 0.3 is 0 Å². The van der Waals surface area contributed by atoms with Crippen LogP contribution >= 0.6 is 23.5 Å². The first-order chi connectivity index (χ1) is 5.73. The highest BCUT2D eigenvalue weighted by Gasteiger charge is 2.43. The zero-order chi connectivity index (χ0) is 8.60. The van der Waals surface area contributed by atoms with Crippen LogP contribution in [-0.4, -0.2) is 27.7 Å². The molecule has 3 unspecified atom stereocenters. The Morgan fingerprint density at radius 2 is 2.25 bits per heavy atom. The van der Waals surface area contributed by atoms with E-state index in [1.165, 1.54) is 25.1 Å². The van der Waals surface area contributed by atoms with E-state index in [9.17, 15) is 0 Å². The van der Waals surface area contributed by atoms with E-state index in [-0.39, 0.29) is 0 Å². The molecule has 2 rings (SSSR count). The van der Waals surface area contributed by atoms with Gasteiger partial charge in [0.2, 0.25) is 0 Å². The molecule has 2 heterocycles. The molecule has 1 N–H and O–H groups in total. The second-order valence-electron chi connectivity index (χ2n) is 3.80. The molecule has 0 saturated carbocycles. The van der Waals surface area contributed by atoms with Crippen molar-refractivity contribution in [2.24, 2.45) is 0 Å². The molecule has 0 aromatic heterocycles. The van der Waals surface area contributed by atoms with Crippen LogP contribution in [0.25, 0.3) is 0 Å². The summed E-state index contributed by atoms with van der Waals surface area (Å²) in [6.07, 6.45) is 2.69. The van der Waals surface area contributed by atoms with E-state index in [0.717, 1.165) is 10.5 Å². The lowest BCUT2D eigenvalue weighted by Crippen LogP contribution is -2.51. The van der Waals surface area contributed by atoms with E-state index >= 15 is 0 Å². The number of rotatable bonds is 0. The number of hydrogen-bond donors (Lipinski definition) is 1. The van der Waals surface area contributed by atoms with E-state index in [4.69, 9.17) is 0 Å². The average Bonchev–Trinajstić information content (AvgIpc) is 2.33. The summed E-state index contributed by atoms with van der Waals surface area (Å²) in [6.45, 7) is 5.96. The second kappa shape index (κ2) is 3.43. The highest BCUT2D eigenvalue weighted by Crippen LogP contribution is 2.47. The minimum atomic E-state index is 0.433. The Bertz CT molecular complexity index is 174. The first-order valence-corrected chi connectivity index (χ1v) is 6.70. The molecule has 0 aromatic carbocycles. The van der Waals surface area contributed by atoms with Crippen LogP contribution in [0, 0.1) is 0 Å². The highest BCUT2D eigenvalue weighted by molar-refractivity contribution is 8.05. The Hall–Kier alpha value is 0.660. The third-order valence-corrected chi connectivity index (χ3v) is 6.14. The van der Waals surface area contributed by atoms with Crippen molar-refractivity contribution < 1.29 is 0 Å². The molecule has 1 nitrogen and oxygen atoms in total. The Balaban J connectivity index is 2.08. The molecule has 2 fully saturated rings. The van der Waals surface area contributed by atoms with Crippen molar-refractivity contribution in [2.75, 3.05) is 12.3 Å². The summed E-state index contributed by atoms with van der Waals surface area (Å²) in [5.74, 6) is 1.34. The molecule has 0 aliphatic carbocycles. The lowest BCUT2D eigenvalue weighted by molar-refractivity contribution is 0.440. The summed E-state index contributed by atoms with van der Waals surface area (Å²) in [7, 11) is 0. The molecule has 2 aliphatic rings. The van der Waals surface area contributed by atoms with Gasteiger partial charge in [0.05, 0.1) is 4.87 Å². The Labute approximate surface area is 83.4 Å². The quantitative estimate of drug-likeness (QED) is 0.649. The molecular formula is C9H17NS2. The fourth-order valence-electron chi connectivity index (χ4n) is 2.06. The van der Waals surface area contributed by atoms with Crippen molar-refractivity contribution in [3.8, 4) is 0 Å². The predicted octanol–water partition coefficient (Wildman–Crippen LogP) is 2.32. The number of thioether (sulfide) groups is 2. The summed E-state index contributed by atoms with van der Waals surface area (Å²) in [4.78, 5) is 0.433. The minimum absolute atomic E-state index is 0.433. The van der Waals surface area contributed by atoms with Crippen LogP contribution in [0.1, 0.15) is 26.7 Å². The van der Waals surface area contributed by atoms with Crippen molar-refractivity contribution in [3.63, 3.8) is 0 Å². The van der Waals surface area contributed by atoms with Gasteiger partial charge in [-0.15, -0.1) is 11.8 Å². The molecule has 70 valence electrons. The van der Waals surface area contributed by atoms with Gasteiger partial charge in [-0.1, -0.05) is 13.8 Å². The molecule has 0 aromatic rings. The van der Waals surface area contributed by atoms with Crippen molar-refractivity contribution >= 4 is 23.5 Å². The summed E-state index contributed by atoms with van der Waals surface area (Å²) >= 11 is 4.29. The molecule has 3 heteroatoms. The van der Waals surface area contributed by atoms with Crippen LogP contribution in [0.15, 0.2) is 0 Å².